The molecule has 0 aliphatic rings. The Kier molecular flexibility index (Phi) is 5.35. The molecule has 0 aliphatic carbocycles. The van der Waals surface area contributed by atoms with Gasteiger partial charge in [0.05, 0.1) is 43.2 Å². The molecule has 182 valence electrons. The van der Waals surface area contributed by atoms with E-state index in [2.05, 4.69) is 101 Å². The molecule has 3 heterocycles. The monoisotopic (exact) mass is 506 g/mol. The Balaban J connectivity index is 1.47. The quantitative estimate of drug-likeness (QED) is 0.242. The first-order valence-electron chi connectivity index (χ1n) is 13.2. The van der Waals surface area contributed by atoms with Crippen molar-refractivity contribution in [2.75, 3.05) is 0 Å². The fourth-order valence-corrected chi connectivity index (χ4v) is 7.15. The number of rotatable bonds is 5. The van der Waals surface area contributed by atoms with E-state index in [4.69, 9.17) is 4.98 Å². The van der Waals surface area contributed by atoms with E-state index in [0.717, 1.165) is 33.4 Å². The van der Waals surface area contributed by atoms with Crippen molar-refractivity contribution in [1.29, 1.82) is 5.26 Å². The van der Waals surface area contributed by atoms with Gasteiger partial charge in [0.15, 0.2) is 0 Å². The molecule has 5 heteroatoms. The molecule has 4 aromatic carbocycles. The van der Waals surface area contributed by atoms with Crippen molar-refractivity contribution in [2.24, 2.45) is 0 Å². The Labute approximate surface area is 223 Å². The highest BCUT2D eigenvalue weighted by atomic mass is 28.2. The molecule has 7 rings (SSSR count). The molecule has 0 amide bonds. The van der Waals surface area contributed by atoms with Gasteiger partial charge in [0.1, 0.15) is 11.6 Å². The first-order chi connectivity index (χ1) is 18.8. The minimum atomic E-state index is -0.248. The van der Waals surface area contributed by atoms with Gasteiger partial charge in [-0.25, -0.2) is 4.98 Å². The third-order valence-electron chi connectivity index (χ3n) is 7.54. The Morgan fingerprint density at radius 1 is 0.658 bits per heavy atom. The van der Waals surface area contributed by atoms with Crippen LogP contribution < -0.4 is 5.19 Å². The number of nitrogens with zero attached hydrogens (tertiary/aromatic N) is 4. The van der Waals surface area contributed by atoms with Crippen LogP contribution in [0, 0.1) is 11.3 Å². The summed E-state index contributed by atoms with van der Waals surface area (Å²) >= 11 is 0. The molecule has 38 heavy (non-hydrogen) atoms. The van der Waals surface area contributed by atoms with Crippen LogP contribution in [0.25, 0.3) is 55.2 Å². The summed E-state index contributed by atoms with van der Waals surface area (Å²) < 4.78 is 4.50. The zero-order chi connectivity index (χ0) is 25.6. The summed E-state index contributed by atoms with van der Waals surface area (Å²) in [6.45, 7) is 2.27. The van der Waals surface area contributed by atoms with E-state index >= 15 is 0 Å². The van der Waals surface area contributed by atoms with Crippen LogP contribution in [0.4, 0.5) is 0 Å². The fraction of sp³-hybridized carbons (Fsp3) is 0.0909. The lowest BCUT2D eigenvalue weighted by Crippen LogP contribution is -2.12. The van der Waals surface area contributed by atoms with Crippen molar-refractivity contribution in [3.05, 3.63) is 109 Å². The first kappa shape index (κ1) is 22.5. The summed E-state index contributed by atoms with van der Waals surface area (Å²) in [6.07, 6.45) is 1.25. The predicted octanol–water partition coefficient (Wildman–Crippen LogP) is 6.77. The Morgan fingerprint density at radius 3 is 1.87 bits per heavy atom. The van der Waals surface area contributed by atoms with Crippen molar-refractivity contribution < 1.29 is 0 Å². The smallest absolute Gasteiger partial charge is 0.140 e. The molecule has 0 radical (unpaired) electrons. The maximum Gasteiger partial charge on any atom is 0.140 e. The highest BCUT2D eigenvalue weighted by Crippen LogP contribution is 2.34. The number of hydrogen-bond donors (Lipinski definition) is 0. The lowest BCUT2D eigenvalue weighted by molar-refractivity contribution is 1.01. The highest BCUT2D eigenvalue weighted by Gasteiger charge is 2.17. The van der Waals surface area contributed by atoms with E-state index in [9.17, 15) is 5.26 Å². The second-order valence-corrected chi connectivity index (χ2v) is 11.9. The van der Waals surface area contributed by atoms with Crippen molar-refractivity contribution >= 4 is 58.3 Å². The van der Waals surface area contributed by atoms with E-state index < -0.39 is 0 Å². The topological polar surface area (TPSA) is 46.5 Å². The van der Waals surface area contributed by atoms with E-state index in [0.29, 0.717) is 5.56 Å². The van der Waals surface area contributed by atoms with Crippen LogP contribution >= 0.6 is 0 Å². The normalized spacial score (nSPS) is 11.9. The molecular weight excluding hydrogens is 480 g/mol. The number of para-hydroxylation sites is 2. The second-order valence-electron chi connectivity index (χ2n) is 9.86. The van der Waals surface area contributed by atoms with Gasteiger partial charge in [-0.3, -0.25) is 9.13 Å². The van der Waals surface area contributed by atoms with Crippen LogP contribution in [0.1, 0.15) is 18.9 Å². The molecule has 0 fully saturated rings. The van der Waals surface area contributed by atoms with Crippen LogP contribution in [0.15, 0.2) is 103 Å². The summed E-state index contributed by atoms with van der Waals surface area (Å²) in [5, 5.41) is 15.8. The highest BCUT2D eigenvalue weighted by molar-refractivity contribution is 6.53. The summed E-state index contributed by atoms with van der Waals surface area (Å²) in [4.78, 5) is 5.24. The van der Waals surface area contributed by atoms with Crippen LogP contribution in [0.2, 0.25) is 6.04 Å². The van der Waals surface area contributed by atoms with Crippen molar-refractivity contribution in [2.45, 2.75) is 19.4 Å². The summed E-state index contributed by atoms with van der Waals surface area (Å²) in [6, 6.07) is 39.8. The summed E-state index contributed by atoms with van der Waals surface area (Å²) in [7, 11) is -0.248. The van der Waals surface area contributed by atoms with Gasteiger partial charge in [0.25, 0.3) is 0 Å². The van der Waals surface area contributed by atoms with Crippen LogP contribution in [0.3, 0.4) is 0 Å². The summed E-state index contributed by atoms with van der Waals surface area (Å²) in [5.41, 5.74) is 5.14. The number of benzene rings is 4. The average molecular weight is 507 g/mol. The third kappa shape index (κ3) is 3.46. The summed E-state index contributed by atoms with van der Waals surface area (Å²) in [5.74, 6) is 1.75. The van der Waals surface area contributed by atoms with Crippen molar-refractivity contribution in [3.63, 3.8) is 0 Å². The molecule has 0 N–H and O–H groups in total. The largest absolute Gasteiger partial charge is 0.294 e. The lowest BCUT2D eigenvalue weighted by Gasteiger charge is -2.11. The van der Waals surface area contributed by atoms with Crippen LogP contribution in [0.5, 0.6) is 0 Å². The maximum atomic E-state index is 9.50. The standard InChI is InChI=1S/C33H26N4Si/c1-2-18-38-23-15-17-31-27(20-23)25-9-4-6-11-29(25)37(31)33-13-7-12-32(35-33)36-28-10-5-3-8-24(28)26-19-22(21-34)14-16-30(26)36/h3-17,19-20H,2,18,38H2,1H3. The Morgan fingerprint density at radius 2 is 1.24 bits per heavy atom. The van der Waals surface area contributed by atoms with Gasteiger partial charge >= 0.3 is 0 Å². The molecule has 0 bridgehead atoms. The molecule has 3 aromatic heterocycles. The molecule has 0 saturated carbocycles. The van der Waals surface area contributed by atoms with Gasteiger partial charge < -0.3 is 0 Å². The SMILES string of the molecule is CCC[SiH2]c1ccc2c(c1)c1ccccc1n2-c1cccc(-n2c3ccccc3c3cc(C#N)ccc32)n1. The van der Waals surface area contributed by atoms with Gasteiger partial charge in [-0.05, 0) is 48.5 Å². The Bertz CT molecular complexity index is 2040. The third-order valence-corrected chi connectivity index (χ3v) is 9.61. The van der Waals surface area contributed by atoms with Gasteiger partial charge in [-0.1, -0.05) is 79.2 Å². The number of fused-ring (bicyclic) bond motifs is 6. The van der Waals surface area contributed by atoms with Crippen molar-refractivity contribution in [3.8, 4) is 17.7 Å². The van der Waals surface area contributed by atoms with Gasteiger partial charge in [-0.15, -0.1) is 0 Å². The maximum absolute atomic E-state index is 9.50. The molecular formula is C33H26N4Si. The van der Waals surface area contributed by atoms with Crippen molar-refractivity contribution in [1.82, 2.24) is 14.1 Å². The number of pyridine rings is 1. The number of aromatic nitrogens is 3. The van der Waals surface area contributed by atoms with E-state index in [-0.39, 0.29) is 9.52 Å². The molecule has 0 spiro atoms. The first-order valence-corrected chi connectivity index (χ1v) is 14.9. The Hall–Kier alpha value is -4.66. The molecule has 4 nitrogen and oxygen atoms in total. The van der Waals surface area contributed by atoms with E-state index in [1.165, 1.54) is 39.5 Å². The molecule has 7 aromatic rings. The molecule has 0 aliphatic heterocycles. The molecule has 0 atom stereocenters. The van der Waals surface area contributed by atoms with Gasteiger partial charge in [0, 0.05) is 21.5 Å². The zero-order valence-corrected chi connectivity index (χ0v) is 22.6. The minimum Gasteiger partial charge on any atom is -0.294 e. The predicted molar refractivity (Wildman–Crippen MR) is 161 cm³/mol. The van der Waals surface area contributed by atoms with Crippen LogP contribution in [-0.2, 0) is 0 Å². The van der Waals surface area contributed by atoms with Crippen LogP contribution in [-0.4, -0.2) is 23.6 Å². The van der Waals surface area contributed by atoms with E-state index in [1.54, 1.807) is 0 Å². The zero-order valence-electron chi connectivity index (χ0n) is 21.2. The minimum absolute atomic E-state index is 0.248. The fourth-order valence-electron chi connectivity index (χ4n) is 5.75. The number of nitriles is 1. The van der Waals surface area contributed by atoms with Gasteiger partial charge in [0.2, 0.25) is 0 Å². The molecule has 0 saturated heterocycles. The van der Waals surface area contributed by atoms with Gasteiger partial charge in [-0.2, -0.15) is 5.26 Å². The lowest BCUT2D eigenvalue weighted by atomic mass is 10.1. The second kappa shape index (κ2) is 9.02. The average Bonchev–Trinajstić information content (AvgIpc) is 3.48. The number of hydrogen-bond acceptors (Lipinski definition) is 2. The van der Waals surface area contributed by atoms with E-state index in [1.807, 2.05) is 24.3 Å². The molecule has 0 unspecified atom stereocenters.